The Labute approximate surface area is 82.3 Å². The van der Waals surface area contributed by atoms with Crippen molar-refractivity contribution in [3.63, 3.8) is 0 Å². The minimum Gasteiger partial charge on any atom is -0.272 e. The smallest absolute Gasteiger partial charge is 0.123 e. The van der Waals surface area contributed by atoms with Gasteiger partial charge in [-0.05, 0) is 35.1 Å². The molecule has 0 saturated carbocycles. The van der Waals surface area contributed by atoms with Crippen LogP contribution in [0.2, 0.25) is 0 Å². The highest BCUT2D eigenvalue weighted by Crippen LogP contribution is 2.00. The average molecular weight is 315 g/mol. The molecule has 0 amide bonds. The van der Waals surface area contributed by atoms with E-state index in [-0.39, 0.29) is 0 Å². The fraction of sp³-hybridized carbons (Fsp3) is 0.500. The first-order valence-corrected chi connectivity index (χ1v) is 5.28. The van der Waals surface area contributed by atoms with Gasteiger partial charge in [-0.1, -0.05) is 15.9 Å². The minimum absolute atomic E-state index is 1.01. The van der Waals surface area contributed by atoms with Gasteiger partial charge >= 0.3 is 0 Å². The summed E-state index contributed by atoms with van der Waals surface area (Å²) >= 11 is 5.58. The lowest BCUT2D eigenvalue weighted by Gasteiger charge is -1.95. The molecule has 1 heterocycles. The van der Waals surface area contributed by atoms with Gasteiger partial charge in [-0.25, -0.2) is 0 Å². The van der Waals surface area contributed by atoms with Gasteiger partial charge in [0.2, 0.25) is 0 Å². The van der Waals surface area contributed by atoms with E-state index in [1.54, 1.807) is 0 Å². The zero-order valence-corrected chi connectivity index (χ0v) is 9.17. The lowest BCUT2D eigenvalue weighted by molar-refractivity contribution is 0.604. The maximum atomic E-state index is 4.23. The van der Waals surface area contributed by atoms with Crippen LogP contribution in [0.4, 0.5) is 0 Å². The third-order valence-corrected chi connectivity index (χ3v) is 2.27. The Bertz CT molecular complexity index is 199. The summed E-state index contributed by atoms with van der Waals surface area (Å²) < 4.78 is 3.02. The Morgan fingerprint density at radius 2 is 2.50 bits per heavy atom. The summed E-state index contributed by atoms with van der Waals surface area (Å²) in [6.45, 7) is 1.01. The van der Waals surface area contributed by atoms with Crippen molar-refractivity contribution in [2.24, 2.45) is 0 Å². The first kappa shape index (κ1) is 8.52. The molecule has 4 heteroatoms. The maximum Gasteiger partial charge on any atom is 0.123 e. The molecule has 0 bridgehead atoms. The Morgan fingerprint density at radius 3 is 3.00 bits per heavy atom. The van der Waals surface area contributed by atoms with Crippen LogP contribution in [0.5, 0.6) is 0 Å². The van der Waals surface area contributed by atoms with Gasteiger partial charge in [-0.2, -0.15) is 5.10 Å². The maximum absolute atomic E-state index is 4.23. The first-order chi connectivity index (χ1) is 4.83. The van der Waals surface area contributed by atoms with Crippen molar-refractivity contribution in [1.29, 1.82) is 0 Å². The van der Waals surface area contributed by atoms with Crippen LogP contribution >= 0.6 is 38.5 Å². The zero-order valence-electron chi connectivity index (χ0n) is 5.43. The second-order valence-electron chi connectivity index (χ2n) is 1.94. The van der Waals surface area contributed by atoms with Gasteiger partial charge in [0.1, 0.15) is 3.70 Å². The summed E-state index contributed by atoms with van der Waals surface area (Å²) in [5, 5.41) is 5.28. The highest BCUT2D eigenvalue weighted by molar-refractivity contribution is 14.1. The number of hydrogen-bond donors (Lipinski definition) is 0. The number of nitrogens with zero attached hydrogens (tertiary/aromatic N) is 2. The topological polar surface area (TPSA) is 17.8 Å². The number of rotatable bonds is 3. The summed E-state index contributed by atoms with van der Waals surface area (Å²) in [6, 6.07) is 2.01. The van der Waals surface area contributed by atoms with Crippen LogP contribution in [0.25, 0.3) is 0 Å². The van der Waals surface area contributed by atoms with Gasteiger partial charge in [0, 0.05) is 18.1 Å². The molecule has 0 aliphatic heterocycles. The van der Waals surface area contributed by atoms with Gasteiger partial charge in [-0.3, -0.25) is 4.68 Å². The van der Waals surface area contributed by atoms with E-state index in [4.69, 9.17) is 0 Å². The zero-order chi connectivity index (χ0) is 7.40. The van der Waals surface area contributed by atoms with E-state index in [0.29, 0.717) is 0 Å². The van der Waals surface area contributed by atoms with Gasteiger partial charge in [0.25, 0.3) is 0 Å². The molecular weight excluding hydrogens is 307 g/mol. The molecule has 1 aromatic rings. The summed E-state index contributed by atoms with van der Waals surface area (Å²) in [5.41, 5.74) is 0. The molecular formula is C6H8BrIN2. The highest BCUT2D eigenvalue weighted by Gasteiger charge is 1.92. The van der Waals surface area contributed by atoms with E-state index in [1.807, 2.05) is 16.9 Å². The predicted octanol–water partition coefficient (Wildman–Crippen LogP) is 2.27. The van der Waals surface area contributed by atoms with Gasteiger partial charge in [0.15, 0.2) is 0 Å². The number of alkyl halides is 1. The van der Waals surface area contributed by atoms with Crippen molar-refractivity contribution < 1.29 is 0 Å². The SMILES string of the molecule is BrCCCn1ccc(I)n1. The molecule has 10 heavy (non-hydrogen) atoms. The van der Waals surface area contributed by atoms with E-state index in [0.717, 1.165) is 22.0 Å². The minimum atomic E-state index is 1.01. The number of hydrogen-bond acceptors (Lipinski definition) is 1. The summed E-state index contributed by atoms with van der Waals surface area (Å²) in [7, 11) is 0. The van der Waals surface area contributed by atoms with Crippen molar-refractivity contribution in [1.82, 2.24) is 9.78 Å². The fourth-order valence-corrected chi connectivity index (χ4v) is 1.37. The second kappa shape index (κ2) is 4.33. The van der Waals surface area contributed by atoms with Crippen molar-refractivity contribution in [3.05, 3.63) is 16.0 Å². The van der Waals surface area contributed by atoms with Crippen LogP contribution < -0.4 is 0 Å². The van der Waals surface area contributed by atoms with Gasteiger partial charge in [-0.15, -0.1) is 0 Å². The van der Waals surface area contributed by atoms with Crippen LogP contribution in [0.15, 0.2) is 12.3 Å². The van der Waals surface area contributed by atoms with E-state index >= 15 is 0 Å². The van der Waals surface area contributed by atoms with E-state index < -0.39 is 0 Å². The van der Waals surface area contributed by atoms with Crippen LogP contribution in [0.1, 0.15) is 6.42 Å². The fourth-order valence-electron chi connectivity index (χ4n) is 0.683. The molecule has 0 spiro atoms. The van der Waals surface area contributed by atoms with Crippen LogP contribution in [-0.4, -0.2) is 15.1 Å². The predicted molar refractivity (Wildman–Crippen MR) is 53.4 cm³/mol. The number of aromatic nitrogens is 2. The summed E-state index contributed by atoms with van der Waals surface area (Å²) in [6.07, 6.45) is 3.14. The Kier molecular flexibility index (Phi) is 3.69. The molecule has 0 aliphatic rings. The summed E-state index contributed by atoms with van der Waals surface area (Å²) in [5.74, 6) is 0. The first-order valence-electron chi connectivity index (χ1n) is 3.08. The van der Waals surface area contributed by atoms with Crippen molar-refractivity contribution in [2.45, 2.75) is 13.0 Å². The third-order valence-electron chi connectivity index (χ3n) is 1.13. The molecule has 1 aromatic heterocycles. The molecule has 0 aromatic carbocycles. The van der Waals surface area contributed by atoms with Crippen molar-refractivity contribution in [3.8, 4) is 0 Å². The standard InChI is InChI=1S/C6H8BrIN2/c7-3-1-4-10-5-2-6(8)9-10/h2,5H,1,3-4H2. The lowest BCUT2D eigenvalue weighted by atomic mass is 10.5. The average Bonchev–Trinajstić information content (AvgIpc) is 2.31. The molecule has 0 aliphatic carbocycles. The molecule has 1 rings (SSSR count). The molecule has 2 nitrogen and oxygen atoms in total. The Balaban J connectivity index is 2.42. The third kappa shape index (κ3) is 2.57. The van der Waals surface area contributed by atoms with Crippen LogP contribution in [0, 0.1) is 3.70 Å². The van der Waals surface area contributed by atoms with Gasteiger partial charge < -0.3 is 0 Å². The van der Waals surface area contributed by atoms with E-state index in [9.17, 15) is 0 Å². The normalized spacial score (nSPS) is 10.2. The van der Waals surface area contributed by atoms with E-state index in [2.05, 4.69) is 43.6 Å². The van der Waals surface area contributed by atoms with E-state index in [1.165, 1.54) is 0 Å². The second-order valence-corrected chi connectivity index (χ2v) is 3.84. The molecule has 0 fully saturated rings. The van der Waals surface area contributed by atoms with Gasteiger partial charge in [0.05, 0.1) is 0 Å². The lowest BCUT2D eigenvalue weighted by Crippen LogP contribution is -1.98. The quantitative estimate of drug-likeness (QED) is 0.618. The Morgan fingerprint density at radius 1 is 1.70 bits per heavy atom. The highest BCUT2D eigenvalue weighted by atomic mass is 127. The van der Waals surface area contributed by atoms with Crippen LogP contribution in [0.3, 0.4) is 0 Å². The monoisotopic (exact) mass is 314 g/mol. The number of aryl methyl sites for hydroxylation is 1. The molecule has 0 radical (unpaired) electrons. The summed E-state index contributed by atoms with van der Waals surface area (Å²) in [4.78, 5) is 0. The molecule has 0 N–H and O–H groups in total. The molecule has 0 saturated heterocycles. The molecule has 0 atom stereocenters. The van der Waals surface area contributed by atoms with Crippen LogP contribution in [-0.2, 0) is 6.54 Å². The molecule has 0 unspecified atom stereocenters. The van der Waals surface area contributed by atoms with Crippen molar-refractivity contribution in [2.75, 3.05) is 5.33 Å². The van der Waals surface area contributed by atoms with Crippen molar-refractivity contribution >= 4 is 38.5 Å². The number of halogens is 2. The molecule has 56 valence electrons. The largest absolute Gasteiger partial charge is 0.272 e. The Hall–Kier alpha value is 0.420.